The molecular formula is C9H18O2S. The zero-order valence-corrected chi connectivity index (χ0v) is 9.07. The van der Waals surface area contributed by atoms with Crippen LogP contribution in [0.5, 0.6) is 0 Å². The van der Waals surface area contributed by atoms with E-state index in [2.05, 4.69) is 0 Å². The summed E-state index contributed by atoms with van der Waals surface area (Å²) in [6.07, 6.45) is 2.77. The zero-order valence-electron chi connectivity index (χ0n) is 8.26. The van der Waals surface area contributed by atoms with Gasteiger partial charge < -0.3 is 5.11 Å². The highest BCUT2D eigenvalue weighted by molar-refractivity contribution is 7.98. The van der Waals surface area contributed by atoms with Gasteiger partial charge in [-0.05, 0) is 23.8 Å². The molecule has 0 aliphatic carbocycles. The van der Waals surface area contributed by atoms with Gasteiger partial charge in [-0.1, -0.05) is 20.8 Å². The van der Waals surface area contributed by atoms with Gasteiger partial charge in [0.25, 0.3) is 0 Å². The number of hydrogen-bond donors (Lipinski definition) is 1. The van der Waals surface area contributed by atoms with Crippen LogP contribution in [0.15, 0.2) is 0 Å². The van der Waals surface area contributed by atoms with E-state index >= 15 is 0 Å². The molecule has 2 nitrogen and oxygen atoms in total. The van der Waals surface area contributed by atoms with Crippen molar-refractivity contribution < 1.29 is 9.90 Å². The Kier molecular flexibility index (Phi) is 4.68. The van der Waals surface area contributed by atoms with Crippen molar-refractivity contribution in [3.8, 4) is 0 Å². The third-order valence-corrected chi connectivity index (χ3v) is 2.60. The van der Waals surface area contributed by atoms with Crippen molar-refractivity contribution in [2.45, 2.75) is 27.2 Å². The molecule has 0 aromatic carbocycles. The molecule has 0 spiro atoms. The molecule has 72 valence electrons. The van der Waals surface area contributed by atoms with Gasteiger partial charge in [-0.15, -0.1) is 0 Å². The lowest BCUT2D eigenvalue weighted by atomic mass is 9.79. The quantitative estimate of drug-likeness (QED) is 0.740. The highest BCUT2D eigenvalue weighted by Gasteiger charge is 2.30. The van der Waals surface area contributed by atoms with Gasteiger partial charge in [0, 0.05) is 0 Å². The molecule has 0 saturated heterocycles. The van der Waals surface area contributed by atoms with Gasteiger partial charge in [0.05, 0.1) is 5.92 Å². The second kappa shape index (κ2) is 4.75. The van der Waals surface area contributed by atoms with Crippen molar-refractivity contribution in [3.05, 3.63) is 0 Å². The zero-order chi connectivity index (χ0) is 9.78. The lowest BCUT2D eigenvalue weighted by molar-refractivity contribution is -0.145. The number of aliphatic carboxylic acids is 1. The van der Waals surface area contributed by atoms with Gasteiger partial charge in [-0.25, -0.2) is 0 Å². The standard InChI is InChI=1S/C9H18O2S/c1-9(2,3)7(8(10)11)5-6-12-4/h7H,5-6H2,1-4H3,(H,10,11). The van der Waals surface area contributed by atoms with Gasteiger partial charge >= 0.3 is 5.97 Å². The van der Waals surface area contributed by atoms with Gasteiger partial charge in [-0.2, -0.15) is 11.8 Å². The van der Waals surface area contributed by atoms with Crippen LogP contribution in [-0.2, 0) is 4.79 Å². The van der Waals surface area contributed by atoms with E-state index in [0.717, 1.165) is 12.2 Å². The van der Waals surface area contributed by atoms with E-state index in [9.17, 15) is 4.79 Å². The average Bonchev–Trinajstić information content (AvgIpc) is 1.84. The third-order valence-electron chi connectivity index (χ3n) is 1.95. The van der Waals surface area contributed by atoms with E-state index in [0.29, 0.717) is 0 Å². The van der Waals surface area contributed by atoms with Crippen LogP contribution in [0.4, 0.5) is 0 Å². The summed E-state index contributed by atoms with van der Waals surface area (Å²) < 4.78 is 0. The number of carboxylic acid groups (broad SMARTS) is 1. The first-order valence-corrected chi connectivity index (χ1v) is 5.50. The van der Waals surface area contributed by atoms with Crippen LogP contribution in [0.25, 0.3) is 0 Å². The molecule has 0 fully saturated rings. The maximum atomic E-state index is 10.8. The fraction of sp³-hybridized carbons (Fsp3) is 0.889. The van der Waals surface area contributed by atoms with Crippen molar-refractivity contribution in [2.75, 3.05) is 12.0 Å². The van der Waals surface area contributed by atoms with E-state index in [1.54, 1.807) is 11.8 Å². The fourth-order valence-corrected chi connectivity index (χ4v) is 1.63. The number of rotatable bonds is 4. The molecule has 0 aromatic rings. The molecule has 0 saturated carbocycles. The molecule has 0 bridgehead atoms. The summed E-state index contributed by atoms with van der Waals surface area (Å²) in [5, 5.41) is 8.93. The van der Waals surface area contributed by atoms with Gasteiger partial charge in [0.15, 0.2) is 0 Å². The molecule has 0 amide bonds. The Morgan fingerprint density at radius 2 is 2.00 bits per heavy atom. The highest BCUT2D eigenvalue weighted by atomic mass is 32.2. The minimum absolute atomic E-state index is 0.123. The van der Waals surface area contributed by atoms with Crippen LogP contribution >= 0.6 is 11.8 Å². The van der Waals surface area contributed by atoms with Gasteiger partial charge in [0.2, 0.25) is 0 Å². The predicted molar refractivity (Wildman–Crippen MR) is 53.6 cm³/mol. The summed E-state index contributed by atoms with van der Waals surface area (Å²) in [4.78, 5) is 10.8. The summed E-state index contributed by atoms with van der Waals surface area (Å²) in [5.74, 6) is 0.0373. The minimum Gasteiger partial charge on any atom is -0.481 e. The Labute approximate surface area is 78.7 Å². The van der Waals surface area contributed by atoms with Gasteiger partial charge in [0.1, 0.15) is 0 Å². The van der Waals surface area contributed by atoms with Crippen LogP contribution in [0, 0.1) is 11.3 Å². The van der Waals surface area contributed by atoms with Crippen LogP contribution in [0.1, 0.15) is 27.2 Å². The topological polar surface area (TPSA) is 37.3 Å². The molecular weight excluding hydrogens is 172 g/mol. The molecule has 12 heavy (non-hydrogen) atoms. The summed E-state index contributed by atoms with van der Waals surface area (Å²) in [6.45, 7) is 5.93. The van der Waals surface area contributed by atoms with Crippen LogP contribution in [-0.4, -0.2) is 23.1 Å². The van der Waals surface area contributed by atoms with E-state index < -0.39 is 5.97 Å². The number of carboxylic acids is 1. The average molecular weight is 190 g/mol. The van der Waals surface area contributed by atoms with Crippen molar-refractivity contribution in [2.24, 2.45) is 11.3 Å². The Morgan fingerprint density at radius 3 is 2.25 bits per heavy atom. The third kappa shape index (κ3) is 4.00. The second-order valence-corrected chi connectivity index (χ2v) is 5.02. The van der Waals surface area contributed by atoms with Crippen molar-refractivity contribution in [1.29, 1.82) is 0 Å². The molecule has 0 aromatic heterocycles. The summed E-state index contributed by atoms with van der Waals surface area (Å²) >= 11 is 1.70. The van der Waals surface area contributed by atoms with Crippen molar-refractivity contribution in [3.63, 3.8) is 0 Å². The Hall–Kier alpha value is -0.180. The largest absolute Gasteiger partial charge is 0.481 e. The molecule has 0 aliphatic rings. The first kappa shape index (κ1) is 11.8. The molecule has 1 atom stereocenters. The van der Waals surface area contributed by atoms with E-state index in [1.165, 1.54) is 0 Å². The maximum Gasteiger partial charge on any atom is 0.307 e. The number of thioether (sulfide) groups is 1. The minimum atomic E-state index is -0.670. The Balaban J connectivity index is 4.15. The number of carbonyl (C=O) groups is 1. The Bertz CT molecular complexity index is 149. The fourth-order valence-electron chi connectivity index (χ4n) is 1.16. The smallest absolute Gasteiger partial charge is 0.307 e. The van der Waals surface area contributed by atoms with Crippen LogP contribution in [0.3, 0.4) is 0 Å². The number of hydrogen-bond acceptors (Lipinski definition) is 2. The molecule has 0 radical (unpaired) electrons. The second-order valence-electron chi connectivity index (χ2n) is 4.04. The highest BCUT2D eigenvalue weighted by Crippen LogP contribution is 2.29. The maximum absolute atomic E-state index is 10.8. The lowest BCUT2D eigenvalue weighted by Crippen LogP contribution is -2.28. The van der Waals surface area contributed by atoms with Gasteiger partial charge in [-0.3, -0.25) is 4.79 Å². The summed E-state index contributed by atoms with van der Waals surface area (Å²) in [6, 6.07) is 0. The molecule has 0 rings (SSSR count). The summed E-state index contributed by atoms with van der Waals surface area (Å²) in [5.41, 5.74) is -0.123. The lowest BCUT2D eigenvalue weighted by Gasteiger charge is -2.26. The molecule has 3 heteroatoms. The van der Waals surface area contributed by atoms with Crippen LogP contribution < -0.4 is 0 Å². The monoisotopic (exact) mass is 190 g/mol. The predicted octanol–water partition coefficient (Wildman–Crippen LogP) is 2.49. The van der Waals surface area contributed by atoms with E-state index in [4.69, 9.17) is 5.11 Å². The van der Waals surface area contributed by atoms with E-state index in [1.807, 2.05) is 27.0 Å². The van der Waals surface area contributed by atoms with Crippen LogP contribution in [0.2, 0.25) is 0 Å². The van der Waals surface area contributed by atoms with Crippen molar-refractivity contribution in [1.82, 2.24) is 0 Å². The van der Waals surface area contributed by atoms with Crippen molar-refractivity contribution >= 4 is 17.7 Å². The molecule has 0 heterocycles. The van der Waals surface area contributed by atoms with E-state index in [-0.39, 0.29) is 11.3 Å². The normalized spacial score (nSPS) is 14.3. The summed E-state index contributed by atoms with van der Waals surface area (Å²) in [7, 11) is 0. The first-order valence-electron chi connectivity index (χ1n) is 4.11. The molecule has 0 aliphatic heterocycles. The molecule has 1 N–H and O–H groups in total. The SMILES string of the molecule is CSCCC(C(=O)O)C(C)(C)C. The Morgan fingerprint density at radius 1 is 1.50 bits per heavy atom. The molecule has 1 unspecified atom stereocenters. The first-order chi connectivity index (χ1) is 5.39.